The zero-order valence-electron chi connectivity index (χ0n) is 10.3. The number of carboxylic acid groups (broad SMARTS) is 1. The van der Waals surface area contributed by atoms with Gasteiger partial charge < -0.3 is 5.11 Å². The number of carbonyl (C=O) groups is 1. The molecular formula is C14H12N2O2S. The number of hydrogen-bond acceptors (Lipinski definition) is 3. The molecule has 0 atom stereocenters. The standard InChI is InChI=1S/C14H12N2O2S/c1-9-4-2-6-11-13(14(17)18)15-12(16(9)11)8-10-5-3-7-19-10/h2-7H,8H2,1H3,(H,17,18). The second-order valence-electron chi connectivity index (χ2n) is 4.33. The molecule has 3 rings (SSSR count). The van der Waals surface area contributed by atoms with E-state index in [0.29, 0.717) is 11.9 Å². The van der Waals surface area contributed by atoms with Crippen LogP contribution in [-0.4, -0.2) is 20.5 Å². The van der Waals surface area contributed by atoms with E-state index in [1.807, 2.05) is 41.0 Å². The zero-order valence-corrected chi connectivity index (χ0v) is 11.1. The highest BCUT2D eigenvalue weighted by molar-refractivity contribution is 7.09. The SMILES string of the molecule is Cc1cccc2c(C(=O)O)nc(Cc3cccs3)n12. The van der Waals surface area contributed by atoms with Gasteiger partial charge in [-0.3, -0.25) is 4.40 Å². The number of fused-ring (bicyclic) bond motifs is 1. The molecule has 19 heavy (non-hydrogen) atoms. The van der Waals surface area contributed by atoms with Crippen molar-refractivity contribution in [2.75, 3.05) is 0 Å². The maximum absolute atomic E-state index is 11.3. The van der Waals surface area contributed by atoms with Crippen molar-refractivity contribution in [1.82, 2.24) is 9.38 Å². The maximum atomic E-state index is 11.3. The van der Waals surface area contributed by atoms with Crippen LogP contribution in [0.5, 0.6) is 0 Å². The lowest BCUT2D eigenvalue weighted by Gasteiger charge is -2.03. The van der Waals surface area contributed by atoms with Crippen LogP contribution in [0.3, 0.4) is 0 Å². The van der Waals surface area contributed by atoms with Crippen LogP contribution in [0.1, 0.15) is 26.9 Å². The van der Waals surface area contributed by atoms with Gasteiger partial charge in [0.25, 0.3) is 0 Å². The number of carboxylic acids is 1. The van der Waals surface area contributed by atoms with Gasteiger partial charge in [-0.2, -0.15) is 0 Å². The number of pyridine rings is 1. The van der Waals surface area contributed by atoms with Gasteiger partial charge in [0.05, 0.1) is 5.52 Å². The summed E-state index contributed by atoms with van der Waals surface area (Å²) in [6.07, 6.45) is 0.650. The Labute approximate surface area is 114 Å². The Kier molecular flexibility index (Phi) is 2.83. The summed E-state index contributed by atoms with van der Waals surface area (Å²) >= 11 is 1.65. The van der Waals surface area contributed by atoms with Crippen molar-refractivity contribution < 1.29 is 9.90 Å². The van der Waals surface area contributed by atoms with E-state index < -0.39 is 5.97 Å². The summed E-state index contributed by atoms with van der Waals surface area (Å²) in [6, 6.07) is 9.62. The molecule has 0 spiro atoms. The van der Waals surface area contributed by atoms with Crippen molar-refractivity contribution in [3.8, 4) is 0 Å². The smallest absolute Gasteiger partial charge is 0.356 e. The molecule has 0 aromatic carbocycles. The van der Waals surface area contributed by atoms with Crippen molar-refractivity contribution >= 4 is 22.8 Å². The molecule has 0 saturated heterocycles. The highest BCUT2D eigenvalue weighted by Crippen LogP contribution is 2.20. The van der Waals surface area contributed by atoms with Crippen LogP contribution < -0.4 is 0 Å². The van der Waals surface area contributed by atoms with Crippen LogP contribution in [0.15, 0.2) is 35.7 Å². The van der Waals surface area contributed by atoms with E-state index in [1.54, 1.807) is 17.4 Å². The third kappa shape index (κ3) is 2.02. The van der Waals surface area contributed by atoms with E-state index in [2.05, 4.69) is 4.98 Å². The second kappa shape index (κ2) is 4.51. The monoisotopic (exact) mass is 272 g/mol. The molecule has 3 heterocycles. The minimum absolute atomic E-state index is 0.121. The van der Waals surface area contributed by atoms with Crippen LogP contribution in [0.25, 0.3) is 5.52 Å². The molecule has 0 bridgehead atoms. The summed E-state index contributed by atoms with van der Waals surface area (Å²) in [5, 5.41) is 11.2. The van der Waals surface area contributed by atoms with Gasteiger partial charge in [-0.1, -0.05) is 12.1 Å². The average Bonchev–Trinajstić information content (AvgIpc) is 2.98. The first-order valence-corrected chi connectivity index (χ1v) is 6.77. The minimum Gasteiger partial charge on any atom is -0.476 e. The first-order chi connectivity index (χ1) is 9.16. The molecule has 3 aromatic heterocycles. The fourth-order valence-electron chi connectivity index (χ4n) is 2.23. The molecular weight excluding hydrogens is 260 g/mol. The van der Waals surface area contributed by atoms with E-state index in [4.69, 9.17) is 0 Å². The van der Waals surface area contributed by atoms with E-state index in [1.165, 1.54) is 4.88 Å². The largest absolute Gasteiger partial charge is 0.476 e. The molecule has 0 saturated carbocycles. The summed E-state index contributed by atoms with van der Waals surface area (Å²) < 4.78 is 1.92. The van der Waals surface area contributed by atoms with Crippen molar-refractivity contribution in [3.05, 3.63) is 57.8 Å². The molecule has 3 aromatic rings. The number of nitrogens with zero attached hydrogens (tertiary/aromatic N) is 2. The number of thiophene rings is 1. The molecule has 0 aliphatic heterocycles. The Hall–Kier alpha value is -2.14. The van der Waals surface area contributed by atoms with Crippen molar-refractivity contribution in [3.63, 3.8) is 0 Å². The Balaban J connectivity index is 2.21. The highest BCUT2D eigenvalue weighted by atomic mass is 32.1. The summed E-state index contributed by atoms with van der Waals surface area (Å²) in [5.74, 6) is -0.214. The Morgan fingerprint density at radius 3 is 2.89 bits per heavy atom. The van der Waals surface area contributed by atoms with Gasteiger partial charge in [-0.15, -0.1) is 11.3 Å². The maximum Gasteiger partial charge on any atom is 0.356 e. The van der Waals surface area contributed by atoms with E-state index in [0.717, 1.165) is 11.5 Å². The number of aromatic carboxylic acids is 1. The molecule has 0 aliphatic carbocycles. The summed E-state index contributed by atoms with van der Waals surface area (Å²) in [4.78, 5) is 16.7. The van der Waals surface area contributed by atoms with Gasteiger partial charge in [0.2, 0.25) is 0 Å². The first-order valence-electron chi connectivity index (χ1n) is 5.89. The van der Waals surface area contributed by atoms with Crippen LogP contribution in [0, 0.1) is 6.92 Å². The number of imidazole rings is 1. The first kappa shape index (κ1) is 11.9. The molecule has 0 radical (unpaired) electrons. The van der Waals surface area contributed by atoms with Gasteiger partial charge in [0.1, 0.15) is 5.82 Å². The predicted octanol–water partition coefficient (Wildman–Crippen LogP) is 2.99. The lowest BCUT2D eigenvalue weighted by atomic mass is 10.3. The topological polar surface area (TPSA) is 54.6 Å². The lowest BCUT2D eigenvalue weighted by Crippen LogP contribution is -1.98. The summed E-state index contributed by atoms with van der Waals surface area (Å²) in [5.41, 5.74) is 1.76. The highest BCUT2D eigenvalue weighted by Gasteiger charge is 2.17. The van der Waals surface area contributed by atoms with Crippen molar-refractivity contribution in [1.29, 1.82) is 0 Å². The normalized spacial score (nSPS) is 11.0. The van der Waals surface area contributed by atoms with Gasteiger partial charge in [-0.25, -0.2) is 9.78 Å². The fraction of sp³-hybridized carbons (Fsp3) is 0.143. The summed E-state index contributed by atoms with van der Waals surface area (Å²) in [7, 11) is 0. The van der Waals surface area contributed by atoms with Gasteiger partial charge >= 0.3 is 5.97 Å². The summed E-state index contributed by atoms with van der Waals surface area (Å²) in [6.45, 7) is 1.96. The molecule has 5 heteroatoms. The molecule has 96 valence electrons. The van der Waals surface area contributed by atoms with Crippen molar-refractivity contribution in [2.24, 2.45) is 0 Å². The van der Waals surface area contributed by atoms with E-state index in [-0.39, 0.29) is 5.69 Å². The third-order valence-corrected chi connectivity index (χ3v) is 3.92. The Bertz CT molecular complexity index is 744. The van der Waals surface area contributed by atoms with Crippen molar-refractivity contribution in [2.45, 2.75) is 13.3 Å². The van der Waals surface area contributed by atoms with Crippen LogP contribution in [-0.2, 0) is 6.42 Å². The van der Waals surface area contributed by atoms with Crippen LogP contribution in [0.4, 0.5) is 0 Å². The number of hydrogen-bond donors (Lipinski definition) is 1. The minimum atomic E-state index is -0.986. The molecule has 1 N–H and O–H groups in total. The molecule has 0 unspecified atom stereocenters. The van der Waals surface area contributed by atoms with Gasteiger partial charge in [0.15, 0.2) is 5.69 Å². The Morgan fingerprint density at radius 2 is 2.21 bits per heavy atom. The molecule has 0 aliphatic rings. The predicted molar refractivity (Wildman–Crippen MR) is 74.0 cm³/mol. The van der Waals surface area contributed by atoms with E-state index in [9.17, 15) is 9.90 Å². The van der Waals surface area contributed by atoms with Crippen LogP contribution >= 0.6 is 11.3 Å². The Morgan fingerprint density at radius 1 is 1.37 bits per heavy atom. The number of aromatic nitrogens is 2. The molecule has 0 amide bonds. The molecule has 0 fully saturated rings. The van der Waals surface area contributed by atoms with Crippen LogP contribution in [0.2, 0.25) is 0 Å². The quantitative estimate of drug-likeness (QED) is 0.797. The third-order valence-electron chi connectivity index (χ3n) is 3.04. The van der Waals surface area contributed by atoms with Gasteiger partial charge in [-0.05, 0) is 30.5 Å². The van der Waals surface area contributed by atoms with E-state index >= 15 is 0 Å². The van der Waals surface area contributed by atoms with Gasteiger partial charge in [0, 0.05) is 17.0 Å². The zero-order chi connectivity index (χ0) is 13.4. The fourth-order valence-corrected chi connectivity index (χ4v) is 2.93. The number of rotatable bonds is 3. The second-order valence-corrected chi connectivity index (χ2v) is 5.36. The number of aryl methyl sites for hydroxylation is 1. The lowest BCUT2D eigenvalue weighted by molar-refractivity contribution is 0.0693. The molecule has 4 nitrogen and oxygen atoms in total. The average molecular weight is 272 g/mol.